The molecule has 2 N–H and O–H groups in total. The second kappa shape index (κ2) is 10.9. The lowest BCUT2D eigenvalue weighted by molar-refractivity contribution is -0.118. The molecule has 2 aromatic carbocycles. The highest BCUT2D eigenvalue weighted by Crippen LogP contribution is 2.30. The Morgan fingerprint density at radius 1 is 1.06 bits per heavy atom. The number of anilines is 1. The summed E-state index contributed by atoms with van der Waals surface area (Å²) in [5.41, 5.74) is 1.21. The van der Waals surface area contributed by atoms with Gasteiger partial charge in [0.1, 0.15) is 0 Å². The average molecular weight is 467 g/mol. The number of carbonyl (C=O) groups is 1. The lowest BCUT2D eigenvalue weighted by Gasteiger charge is -2.15. The summed E-state index contributed by atoms with van der Waals surface area (Å²) in [5, 5.41) is 2.80. The molecule has 1 amide bonds. The van der Waals surface area contributed by atoms with Crippen LogP contribution in [-0.4, -0.2) is 33.8 Å². The van der Waals surface area contributed by atoms with Crippen LogP contribution in [0.3, 0.4) is 0 Å². The van der Waals surface area contributed by atoms with Crippen molar-refractivity contribution in [3.63, 3.8) is 0 Å². The molecule has 0 saturated heterocycles. The summed E-state index contributed by atoms with van der Waals surface area (Å²) in [5.74, 6) is 0.745. The molecule has 0 unspecified atom stereocenters. The average Bonchev–Trinajstić information content (AvgIpc) is 2.72. The molecule has 0 atom stereocenters. The van der Waals surface area contributed by atoms with E-state index in [-0.39, 0.29) is 29.4 Å². The molecule has 2 aromatic rings. The molecule has 2 rings (SSSR count). The molecule has 7 nitrogen and oxygen atoms in total. The van der Waals surface area contributed by atoms with Crippen LogP contribution in [0.25, 0.3) is 0 Å². The molecule has 0 heterocycles. The summed E-state index contributed by atoms with van der Waals surface area (Å²) in [6.45, 7) is 7.48. The molecular weight excluding hydrogens is 436 g/mol. The third-order valence-corrected chi connectivity index (χ3v) is 6.52. The number of rotatable bonds is 10. The zero-order chi connectivity index (χ0) is 23.2. The van der Waals surface area contributed by atoms with Gasteiger partial charge in [-0.3, -0.25) is 4.79 Å². The van der Waals surface area contributed by atoms with Gasteiger partial charge in [0, 0.05) is 17.4 Å². The fourth-order valence-corrected chi connectivity index (χ4v) is 4.24. The highest BCUT2D eigenvalue weighted by Gasteiger charge is 2.18. The van der Waals surface area contributed by atoms with Crippen molar-refractivity contribution in [3.05, 3.63) is 42.0 Å². The number of benzene rings is 2. The van der Waals surface area contributed by atoms with Gasteiger partial charge in [0.2, 0.25) is 15.9 Å². The van der Waals surface area contributed by atoms with Crippen LogP contribution in [-0.2, 0) is 21.4 Å². The van der Waals surface area contributed by atoms with E-state index < -0.39 is 10.0 Å². The normalized spacial score (nSPS) is 11.6. The standard InChI is InChI=1S/C22H30N2O5S2/c1-14(2)22(25)24-18-12-17(8-10-21(18)30-6)31(26,27)23-13-16-7-9-19(29-15(3)4)20(11-16)28-5/h7-12,14-15,23H,13H2,1-6H3,(H,24,25). The van der Waals surface area contributed by atoms with Crippen LogP contribution in [0.4, 0.5) is 5.69 Å². The summed E-state index contributed by atoms with van der Waals surface area (Å²) >= 11 is 1.43. The maximum atomic E-state index is 12.9. The van der Waals surface area contributed by atoms with Gasteiger partial charge in [-0.1, -0.05) is 19.9 Å². The van der Waals surface area contributed by atoms with Crippen molar-refractivity contribution in [3.8, 4) is 11.5 Å². The van der Waals surface area contributed by atoms with Crippen LogP contribution in [0.1, 0.15) is 33.3 Å². The van der Waals surface area contributed by atoms with Crippen molar-refractivity contribution in [1.29, 1.82) is 0 Å². The lowest BCUT2D eigenvalue weighted by Crippen LogP contribution is -2.24. The van der Waals surface area contributed by atoms with Gasteiger partial charge < -0.3 is 14.8 Å². The Bertz CT molecular complexity index is 1020. The molecule has 0 saturated carbocycles. The van der Waals surface area contributed by atoms with E-state index in [1.165, 1.54) is 31.0 Å². The molecule has 9 heteroatoms. The third-order valence-electron chi connectivity index (χ3n) is 4.32. The predicted octanol–water partition coefficient (Wildman–Crippen LogP) is 4.28. The predicted molar refractivity (Wildman–Crippen MR) is 124 cm³/mol. The zero-order valence-electron chi connectivity index (χ0n) is 18.7. The molecule has 0 bridgehead atoms. The molecular formula is C22H30N2O5S2. The Hall–Kier alpha value is -2.23. The first-order chi connectivity index (χ1) is 14.6. The quantitative estimate of drug-likeness (QED) is 0.508. The highest BCUT2D eigenvalue weighted by molar-refractivity contribution is 7.98. The number of sulfonamides is 1. The molecule has 0 fully saturated rings. The number of nitrogens with one attached hydrogen (secondary N) is 2. The van der Waals surface area contributed by atoms with E-state index in [0.29, 0.717) is 17.2 Å². The smallest absolute Gasteiger partial charge is 0.240 e. The molecule has 0 radical (unpaired) electrons. The summed E-state index contributed by atoms with van der Waals surface area (Å²) in [6, 6.07) is 9.98. The summed E-state index contributed by atoms with van der Waals surface area (Å²) < 4.78 is 39.4. The van der Waals surface area contributed by atoms with E-state index in [1.54, 1.807) is 38.1 Å². The molecule has 0 spiro atoms. The maximum absolute atomic E-state index is 12.9. The largest absolute Gasteiger partial charge is 0.493 e. The first kappa shape index (κ1) is 25.0. The van der Waals surface area contributed by atoms with Crippen LogP contribution in [0.15, 0.2) is 46.2 Å². The second-order valence-corrected chi connectivity index (χ2v) is 10.1. The van der Waals surface area contributed by atoms with Gasteiger partial charge in [-0.2, -0.15) is 0 Å². The van der Waals surface area contributed by atoms with E-state index in [2.05, 4.69) is 10.0 Å². The van der Waals surface area contributed by atoms with Crippen LogP contribution in [0, 0.1) is 5.92 Å². The fraction of sp³-hybridized carbons (Fsp3) is 0.409. The Morgan fingerprint density at radius 2 is 1.77 bits per heavy atom. The number of thioether (sulfide) groups is 1. The van der Waals surface area contributed by atoms with Crippen molar-refractivity contribution in [2.75, 3.05) is 18.7 Å². The molecule has 0 aliphatic heterocycles. The number of hydrogen-bond acceptors (Lipinski definition) is 6. The van der Waals surface area contributed by atoms with Crippen molar-refractivity contribution >= 4 is 33.4 Å². The van der Waals surface area contributed by atoms with Crippen molar-refractivity contribution in [2.24, 2.45) is 5.92 Å². The van der Waals surface area contributed by atoms with Crippen molar-refractivity contribution < 1.29 is 22.7 Å². The van der Waals surface area contributed by atoms with Gasteiger partial charge in [0.25, 0.3) is 0 Å². The van der Waals surface area contributed by atoms with E-state index in [1.807, 2.05) is 20.1 Å². The Kier molecular flexibility index (Phi) is 8.79. The SMILES string of the molecule is COc1cc(CNS(=O)(=O)c2ccc(SC)c(NC(=O)C(C)C)c2)ccc1OC(C)C. The maximum Gasteiger partial charge on any atom is 0.240 e. The number of hydrogen-bond donors (Lipinski definition) is 2. The van der Waals surface area contributed by atoms with Crippen molar-refractivity contribution in [1.82, 2.24) is 4.72 Å². The lowest BCUT2D eigenvalue weighted by atomic mass is 10.2. The van der Waals surface area contributed by atoms with E-state index >= 15 is 0 Å². The Morgan fingerprint density at radius 3 is 2.35 bits per heavy atom. The van der Waals surface area contributed by atoms with Gasteiger partial charge in [-0.05, 0) is 56.0 Å². The zero-order valence-corrected chi connectivity index (χ0v) is 20.3. The number of ether oxygens (including phenoxy) is 2. The highest BCUT2D eigenvalue weighted by atomic mass is 32.2. The minimum absolute atomic E-state index is 0.00658. The topological polar surface area (TPSA) is 93.7 Å². The van der Waals surface area contributed by atoms with Crippen LogP contribution < -0.4 is 19.5 Å². The first-order valence-corrected chi connectivity index (χ1v) is 12.6. The Labute approximate surface area is 189 Å². The van der Waals surface area contributed by atoms with Gasteiger partial charge >= 0.3 is 0 Å². The third kappa shape index (κ3) is 6.88. The Balaban J connectivity index is 2.21. The van der Waals surface area contributed by atoms with Crippen LogP contribution in [0.5, 0.6) is 11.5 Å². The summed E-state index contributed by atoms with van der Waals surface area (Å²) in [4.78, 5) is 13.0. The number of methoxy groups -OCH3 is 1. The van der Waals surface area contributed by atoms with Gasteiger partial charge in [-0.25, -0.2) is 13.1 Å². The second-order valence-electron chi connectivity index (χ2n) is 7.48. The van der Waals surface area contributed by atoms with Crippen LogP contribution in [0.2, 0.25) is 0 Å². The molecule has 0 aliphatic rings. The van der Waals surface area contributed by atoms with E-state index in [0.717, 1.165) is 10.5 Å². The minimum atomic E-state index is -3.79. The molecule has 31 heavy (non-hydrogen) atoms. The molecule has 170 valence electrons. The molecule has 0 aromatic heterocycles. The summed E-state index contributed by atoms with van der Waals surface area (Å²) in [6.07, 6.45) is 1.86. The van der Waals surface area contributed by atoms with Gasteiger partial charge in [0.15, 0.2) is 11.5 Å². The van der Waals surface area contributed by atoms with Gasteiger partial charge in [0.05, 0.1) is 23.8 Å². The fourth-order valence-electron chi connectivity index (χ4n) is 2.66. The van der Waals surface area contributed by atoms with Crippen LogP contribution >= 0.6 is 11.8 Å². The first-order valence-electron chi connectivity index (χ1n) is 9.89. The van der Waals surface area contributed by atoms with Crippen molar-refractivity contribution in [2.45, 2.75) is 50.1 Å². The van der Waals surface area contributed by atoms with E-state index in [4.69, 9.17) is 9.47 Å². The minimum Gasteiger partial charge on any atom is -0.493 e. The van der Waals surface area contributed by atoms with Gasteiger partial charge in [-0.15, -0.1) is 11.8 Å². The van der Waals surface area contributed by atoms with E-state index in [9.17, 15) is 13.2 Å². The number of amides is 1. The number of carbonyl (C=O) groups excluding carboxylic acids is 1. The summed E-state index contributed by atoms with van der Waals surface area (Å²) in [7, 11) is -2.25. The molecule has 0 aliphatic carbocycles. The monoisotopic (exact) mass is 466 g/mol.